The highest BCUT2D eigenvalue weighted by molar-refractivity contribution is 5.87. The number of para-hydroxylation sites is 1. The van der Waals surface area contributed by atoms with E-state index in [9.17, 15) is 9.59 Å². The van der Waals surface area contributed by atoms with Crippen molar-refractivity contribution in [2.75, 3.05) is 6.54 Å². The van der Waals surface area contributed by atoms with Gasteiger partial charge in [0, 0.05) is 13.0 Å². The van der Waals surface area contributed by atoms with Crippen molar-refractivity contribution in [1.29, 1.82) is 0 Å². The Bertz CT molecular complexity index is 684. The largest absolute Gasteiger partial charge is 0.426 e. The number of rotatable bonds is 4. The fraction of sp³-hybridized carbons (Fsp3) is 0.263. The normalized spacial score (nSPS) is 18.7. The summed E-state index contributed by atoms with van der Waals surface area (Å²) in [6.07, 6.45) is 0.211. The Morgan fingerprint density at radius 1 is 1.09 bits per heavy atom. The van der Waals surface area contributed by atoms with Crippen LogP contribution in [0.1, 0.15) is 24.9 Å². The number of nitrogens with zero attached hydrogens (tertiary/aromatic N) is 1. The molecule has 2 aromatic rings. The minimum Gasteiger partial charge on any atom is -0.426 e. The lowest BCUT2D eigenvalue weighted by Crippen LogP contribution is -2.30. The van der Waals surface area contributed by atoms with Crippen LogP contribution in [-0.2, 0) is 9.59 Å². The smallest absolute Gasteiger partial charge is 0.316 e. The van der Waals surface area contributed by atoms with Crippen LogP contribution in [-0.4, -0.2) is 23.3 Å². The first-order valence-electron chi connectivity index (χ1n) is 7.76. The summed E-state index contributed by atoms with van der Waals surface area (Å²) in [7, 11) is 0. The van der Waals surface area contributed by atoms with Gasteiger partial charge in [-0.1, -0.05) is 48.5 Å². The predicted molar refractivity (Wildman–Crippen MR) is 86.8 cm³/mol. The molecule has 0 spiro atoms. The van der Waals surface area contributed by atoms with E-state index in [1.807, 2.05) is 55.5 Å². The molecule has 118 valence electrons. The first-order chi connectivity index (χ1) is 11.1. The molecule has 4 heteroatoms. The van der Waals surface area contributed by atoms with Gasteiger partial charge in [0.1, 0.15) is 5.75 Å². The third-order valence-corrected chi connectivity index (χ3v) is 4.20. The molecule has 0 aromatic heterocycles. The molecule has 2 atom stereocenters. The number of carbonyl (C=O) groups is 2. The quantitative estimate of drug-likeness (QED) is 0.643. The summed E-state index contributed by atoms with van der Waals surface area (Å²) >= 11 is 0. The van der Waals surface area contributed by atoms with Gasteiger partial charge in [-0.2, -0.15) is 0 Å². The minimum absolute atomic E-state index is 0.00337. The van der Waals surface area contributed by atoms with E-state index in [-0.39, 0.29) is 24.3 Å². The SMILES string of the molecule is C[C@@H](c1ccccc1)N1C[C@@H](C(=O)Oc2ccccc2)CC1=O. The van der Waals surface area contributed by atoms with Crippen molar-refractivity contribution in [2.24, 2.45) is 5.92 Å². The van der Waals surface area contributed by atoms with Crippen LogP contribution in [0.4, 0.5) is 0 Å². The zero-order chi connectivity index (χ0) is 16.2. The number of esters is 1. The van der Waals surface area contributed by atoms with Gasteiger partial charge >= 0.3 is 5.97 Å². The highest BCUT2D eigenvalue weighted by Crippen LogP contribution is 2.29. The van der Waals surface area contributed by atoms with Crippen LogP contribution in [0.3, 0.4) is 0 Å². The van der Waals surface area contributed by atoms with Crippen molar-refractivity contribution in [1.82, 2.24) is 4.90 Å². The summed E-state index contributed by atoms with van der Waals surface area (Å²) in [5, 5.41) is 0. The van der Waals surface area contributed by atoms with Crippen molar-refractivity contribution in [3.05, 3.63) is 66.2 Å². The van der Waals surface area contributed by atoms with Crippen LogP contribution >= 0.6 is 0 Å². The molecule has 1 fully saturated rings. The summed E-state index contributed by atoms with van der Waals surface area (Å²) in [6.45, 7) is 2.39. The number of hydrogen-bond acceptors (Lipinski definition) is 3. The van der Waals surface area contributed by atoms with Gasteiger partial charge in [-0.3, -0.25) is 9.59 Å². The summed E-state index contributed by atoms with van der Waals surface area (Å²) in [4.78, 5) is 26.3. The van der Waals surface area contributed by atoms with E-state index in [2.05, 4.69) is 0 Å². The number of carbonyl (C=O) groups excluding carboxylic acids is 2. The molecule has 0 unspecified atom stereocenters. The molecule has 1 amide bonds. The van der Waals surface area contributed by atoms with E-state index in [1.165, 1.54) is 0 Å². The van der Waals surface area contributed by atoms with Gasteiger partial charge < -0.3 is 9.64 Å². The zero-order valence-electron chi connectivity index (χ0n) is 13.0. The molecule has 1 saturated heterocycles. The second-order valence-corrected chi connectivity index (χ2v) is 5.77. The molecule has 0 radical (unpaired) electrons. The second kappa shape index (κ2) is 6.65. The van der Waals surface area contributed by atoms with E-state index in [1.54, 1.807) is 17.0 Å². The summed E-state index contributed by atoms with van der Waals surface area (Å²) in [5.74, 6) is -0.239. The molecule has 4 nitrogen and oxygen atoms in total. The van der Waals surface area contributed by atoms with Gasteiger partial charge in [0.25, 0.3) is 0 Å². The lowest BCUT2D eigenvalue weighted by atomic mass is 10.1. The number of ether oxygens (including phenoxy) is 1. The molecule has 0 saturated carbocycles. The summed E-state index contributed by atoms with van der Waals surface area (Å²) < 4.78 is 5.36. The van der Waals surface area contributed by atoms with E-state index in [4.69, 9.17) is 4.74 Å². The monoisotopic (exact) mass is 309 g/mol. The Kier molecular flexibility index (Phi) is 4.42. The van der Waals surface area contributed by atoms with Gasteiger partial charge in [0.05, 0.1) is 12.0 Å². The Morgan fingerprint density at radius 2 is 1.70 bits per heavy atom. The van der Waals surface area contributed by atoms with Crippen molar-refractivity contribution in [2.45, 2.75) is 19.4 Å². The molecule has 1 heterocycles. The number of hydrogen-bond donors (Lipinski definition) is 0. The Hall–Kier alpha value is -2.62. The third kappa shape index (κ3) is 3.42. The highest BCUT2D eigenvalue weighted by atomic mass is 16.5. The molecule has 0 N–H and O–H groups in total. The Balaban J connectivity index is 1.66. The van der Waals surface area contributed by atoms with Crippen molar-refractivity contribution in [3.63, 3.8) is 0 Å². The van der Waals surface area contributed by atoms with Crippen LogP contribution in [0, 0.1) is 5.92 Å². The molecular weight excluding hydrogens is 290 g/mol. The Labute approximate surface area is 135 Å². The molecule has 0 bridgehead atoms. The summed E-state index contributed by atoms with van der Waals surface area (Å²) in [5.41, 5.74) is 1.07. The average Bonchev–Trinajstić information content (AvgIpc) is 2.98. The van der Waals surface area contributed by atoms with Crippen LogP contribution in [0.25, 0.3) is 0 Å². The van der Waals surface area contributed by atoms with Crippen molar-refractivity contribution < 1.29 is 14.3 Å². The number of amides is 1. The topological polar surface area (TPSA) is 46.6 Å². The Morgan fingerprint density at radius 3 is 2.35 bits per heavy atom. The standard InChI is InChI=1S/C19H19NO3/c1-14(15-8-4-2-5-9-15)20-13-16(12-18(20)21)19(22)23-17-10-6-3-7-11-17/h2-11,14,16H,12-13H2,1H3/t14-,16-/m0/s1. The van der Waals surface area contributed by atoms with Gasteiger partial charge in [0.2, 0.25) is 5.91 Å². The maximum absolute atomic E-state index is 12.3. The average molecular weight is 309 g/mol. The van der Waals surface area contributed by atoms with Crippen LogP contribution < -0.4 is 4.74 Å². The van der Waals surface area contributed by atoms with Crippen LogP contribution in [0.5, 0.6) is 5.75 Å². The predicted octanol–water partition coefficient (Wildman–Crippen LogP) is 3.20. The number of likely N-dealkylation sites (tertiary alicyclic amines) is 1. The van der Waals surface area contributed by atoms with Crippen LogP contribution in [0.15, 0.2) is 60.7 Å². The van der Waals surface area contributed by atoms with E-state index in [0.29, 0.717) is 12.3 Å². The molecule has 2 aromatic carbocycles. The fourth-order valence-corrected chi connectivity index (χ4v) is 2.86. The van der Waals surface area contributed by atoms with Gasteiger partial charge in [-0.05, 0) is 24.6 Å². The molecule has 0 aliphatic carbocycles. The molecule has 3 rings (SSSR count). The fourth-order valence-electron chi connectivity index (χ4n) is 2.86. The van der Waals surface area contributed by atoms with E-state index < -0.39 is 5.92 Å². The lowest BCUT2D eigenvalue weighted by Gasteiger charge is -2.25. The maximum atomic E-state index is 12.3. The second-order valence-electron chi connectivity index (χ2n) is 5.77. The number of benzene rings is 2. The summed E-state index contributed by atoms with van der Waals surface area (Å²) in [6, 6.07) is 18.7. The van der Waals surface area contributed by atoms with Crippen LogP contribution in [0.2, 0.25) is 0 Å². The van der Waals surface area contributed by atoms with Gasteiger partial charge in [0.15, 0.2) is 0 Å². The molecule has 1 aliphatic heterocycles. The maximum Gasteiger partial charge on any atom is 0.316 e. The third-order valence-electron chi connectivity index (χ3n) is 4.20. The van der Waals surface area contributed by atoms with Crippen molar-refractivity contribution in [3.8, 4) is 5.75 Å². The first kappa shape index (κ1) is 15.3. The van der Waals surface area contributed by atoms with E-state index >= 15 is 0 Å². The first-order valence-corrected chi connectivity index (χ1v) is 7.76. The van der Waals surface area contributed by atoms with Crippen molar-refractivity contribution >= 4 is 11.9 Å². The lowest BCUT2D eigenvalue weighted by molar-refractivity contribution is -0.139. The zero-order valence-corrected chi connectivity index (χ0v) is 13.0. The highest BCUT2D eigenvalue weighted by Gasteiger charge is 2.38. The molecule has 1 aliphatic rings. The van der Waals surface area contributed by atoms with Gasteiger partial charge in [-0.15, -0.1) is 0 Å². The molecule has 23 heavy (non-hydrogen) atoms. The van der Waals surface area contributed by atoms with Gasteiger partial charge in [-0.25, -0.2) is 0 Å². The van der Waals surface area contributed by atoms with E-state index in [0.717, 1.165) is 5.56 Å². The minimum atomic E-state index is -0.408. The molecular formula is C19H19NO3.